The van der Waals surface area contributed by atoms with Gasteiger partial charge in [0.05, 0.1) is 7.11 Å². The fourth-order valence-electron chi connectivity index (χ4n) is 1.71. The van der Waals surface area contributed by atoms with Crippen LogP contribution in [-0.4, -0.2) is 36.3 Å². The first-order chi connectivity index (χ1) is 8.48. The molecule has 0 aromatic carbocycles. The monoisotopic (exact) mass is 254 g/mol. The molecule has 0 amide bonds. The van der Waals surface area contributed by atoms with Gasteiger partial charge in [0.1, 0.15) is 5.69 Å². The van der Waals surface area contributed by atoms with Gasteiger partial charge in [-0.05, 0) is 23.5 Å². The molecular weight excluding hydrogens is 232 g/mol. The molecule has 0 radical (unpaired) electrons. The van der Waals surface area contributed by atoms with Crippen molar-refractivity contribution >= 4 is 5.97 Å². The Bertz CT molecular complexity index is 385. The maximum atomic E-state index is 11.2. The predicted octanol–water partition coefficient (Wildman–Crippen LogP) is 1.30. The van der Waals surface area contributed by atoms with E-state index in [-0.39, 0.29) is 18.0 Å². The molecule has 0 aliphatic heterocycles. The molecule has 0 aliphatic carbocycles. The molecule has 1 aromatic rings. The van der Waals surface area contributed by atoms with E-state index in [1.54, 1.807) is 12.3 Å². The number of hydrogen-bond donors (Lipinski definition) is 3. The molecular formula is C13H22N2O3. The van der Waals surface area contributed by atoms with Crippen molar-refractivity contribution in [2.75, 3.05) is 20.3 Å². The number of carbonyl (C=O) groups excluding carboxylic acids is 1. The molecule has 0 atom stereocenters. The Morgan fingerprint density at radius 1 is 1.56 bits per heavy atom. The van der Waals surface area contributed by atoms with Gasteiger partial charge in [0, 0.05) is 25.9 Å². The maximum Gasteiger partial charge on any atom is 0.354 e. The van der Waals surface area contributed by atoms with E-state index in [9.17, 15) is 4.79 Å². The summed E-state index contributed by atoms with van der Waals surface area (Å²) in [5.74, 6) is -0.359. The second kappa shape index (κ2) is 6.56. The highest BCUT2D eigenvalue weighted by Gasteiger charge is 2.16. The van der Waals surface area contributed by atoms with Crippen LogP contribution in [0.2, 0.25) is 0 Å². The zero-order valence-electron chi connectivity index (χ0n) is 11.2. The summed E-state index contributed by atoms with van der Waals surface area (Å²) in [6.45, 7) is 5.90. The highest BCUT2D eigenvalue weighted by atomic mass is 16.5. The number of rotatable bonds is 7. The van der Waals surface area contributed by atoms with Crippen molar-refractivity contribution < 1.29 is 14.6 Å². The number of nitrogens with one attached hydrogen (secondary N) is 2. The number of hydrogen-bond acceptors (Lipinski definition) is 4. The van der Waals surface area contributed by atoms with Crippen LogP contribution in [0.3, 0.4) is 0 Å². The lowest BCUT2D eigenvalue weighted by atomic mass is 9.90. The van der Waals surface area contributed by atoms with Crippen LogP contribution in [0.15, 0.2) is 12.3 Å². The number of esters is 1. The fraction of sp³-hybridized carbons (Fsp3) is 0.615. The Hall–Kier alpha value is -1.33. The van der Waals surface area contributed by atoms with Crippen LogP contribution in [0.1, 0.15) is 36.3 Å². The van der Waals surface area contributed by atoms with Crippen molar-refractivity contribution in [3.05, 3.63) is 23.5 Å². The lowest BCUT2D eigenvalue weighted by molar-refractivity contribution is 0.0595. The van der Waals surface area contributed by atoms with Crippen LogP contribution in [0.5, 0.6) is 0 Å². The van der Waals surface area contributed by atoms with E-state index in [4.69, 9.17) is 5.11 Å². The Morgan fingerprint density at radius 3 is 2.89 bits per heavy atom. The summed E-state index contributed by atoms with van der Waals surface area (Å²) in [4.78, 5) is 14.1. The summed E-state index contributed by atoms with van der Waals surface area (Å²) in [7, 11) is 1.36. The van der Waals surface area contributed by atoms with Crippen molar-refractivity contribution in [3.63, 3.8) is 0 Å². The first kappa shape index (κ1) is 14.7. The molecule has 1 aromatic heterocycles. The summed E-state index contributed by atoms with van der Waals surface area (Å²) >= 11 is 0. The molecule has 5 heteroatoms. The van der Waals surface area contributed by atoms with Crippen LogP contribution in [0.25, 0.3) is 0 Å². The topological polar surface area (TPSA) is 74.3 Å². The number of carbonyl (C=O) groups is 1. The Labute approximate surface area is 108 Å². The number of methoxy groups -OCH3 is 1. The third-order valence-corrected chi connectivity index (χ3v) is 2.87. The van der Waals surface area contributed by atoms with Crippen LogP contribution in [0, 0.1) is 5.41 Å². The van der Waals surface area contributed by atoms with E-state index in [1.165, 1.54) is 7.11 Å². The lowest BCUT2D eigenvalue weighted by Crippen LogP contribution is -2.29. The highest BCUT2D eigenvalue weighted by molar-refractivity contribution is 5.87. The zero-order valence-corrected chi connectivity index (χ0v) is 11.2. The zero-order chi connectivity index (χ0) is 13.6. The SMILES string of the molecule is COC(=O)c1cc(CNCC(C)(C)CCO)c[nH]1. The van der Waals surface area contributed by atoms with Crippen LogP contribution < -0.4 is 5.32 Å². The number of aromatic nitrogens is 1. The highest BCUT2D eigenvalue weighted by Crippen LogP contribution is 2.18. The molecule has 3 N–H and O–H groups in total. The van der Waals surface area contributed by atoms with Gasteiger partial charge >= 0.3 is 5.97 Å². The second-order valence-corrected chi connectivity index (χ2v) is 5.15. The van der Waals surface area contributed by atoms with Crippen molar-refractivity contribution in [2.45, 2.75) is 26.8 Å². The average molecular weight is 254 g/mol. The van der Waals surface area contributed by atoms with Gasteiger partial charge in [0.15, 0.2) is 0 Å². The molecule has 0 bridgehead atoms. The van der Waals surface area contributed by atoms with Crippen molar-refractivity contribution in [2.24, 2.45) is 5.41 Å². The Balaban J connectivity index is 2.40. The van der Waals surface area contributed by atoms with Gasteiger partial charge in [-0.3, -0.25) is 0 Å². The number of aliphatic hydroxyl groups excluding tert-OH is 1. The molecule has 18 heavy (non-hydrogen) atoms. The fourth-order valence-corrected chi connectivity index (χ4v) is 1.71. The van der Waals surface area contributed by atoms with E-state index in [0.29, 0.717) is 12.2 Å². The lowest BCUT2D eigenvalue weighted by Gasteiger charge is -2.23. The standard InChI is InChI=1S/C13H22N2O3/c1-13(2,4-5-16)9-14-7-10-6-11(15-8-10)12(17)18-3/h6,8,14-16H,4-5,7,9H2,1-3H3. The third kappa shape index (κ3) is 4.50. The first-order valence-corrected chi connectivity index (χ1v) is 6.06. The third-order valence-electron chi connectivity index (χ3n) is 2.87. The number of aromatic amines is 1. The van der Waals surface area contributed by atoms with E-state index >= 15 is 0 Å². The summed E-state index contributed by atoms with van der Waals surface area (Å²) in [6.07, 6.45) is 2.55. The summed E-state index contributed by atoms with van der Waals surface area (Å²) in [5.41, 5.74) is 1.54. The van der Waals surface area contributed by atoms with Gasteiger partial charge in [0.2, 0.25) is 0 Å². The molecule has 0 unspecified atom stereocenters. The van der Waals surface area contributed by atoms with Gasteiger partial charge in [-0.25, -0.2) is 4.79 Å². The van der Waals surface area contributed by atoms with E-state index in [2.05, 4.69) is 28.9 Å². The average Bonchev–Trinajstić information content (AvgIpc) is 2.76. The molecule has 0 fully saturated rings. The molecule has 102 valence electrons. The van der Waals surface area contributed by atoms with Gasteiger partial charge in [-0.15, -0.1) is 0 Å². The number of H-pyrrole nitrogens is 1. The first-order valence-electron chi connectivity index (χ1n) is 6.06. The summed E-state index contributed by atoms with van der Waals surface area (Å²) in [5, 5.41) is 12.2. The summed E-state index contributed by atoms with van der Waals surface area (Å²) < 4.78 is 4.62. The molecule has 0 saturated carbocycles. The minimum absolute atomic E-state index is 0.0657. The van der Waals surface area contributed by atoms with Crippen molar-refractivity contribution in [1.82, 2.24) is 10.3 Å². The number of ether oxygens (including phenoxy) is 1. The van der Waals surface area contributed by atoms with Gasteiger partial charge < -0.3 is 20.1 Å². The van der Waals surface area contributed by atoms with E-state index in [1.807, 2.05) is 0 Å². The Morgan fingerprint density at radius 2 is 2.28 bits per heavy atom. The van der Waals surface area contributed by atoms with Crippen LogP contribution >= 0.6 is 0 Å². The molecule has 5 nitrogen and oxygen atoms in total. The normalized spacial score (nSPS) is 11.6. The van der Waals surface area contributed by atoms with Crippen molar-refractivity contribution in [1.29, 1.82) is 0 Å². The summed E-state index contributed by atoms with van der Waals surface area (Å²) in [6, 6.07) is 1.78. The maximum absolute atomic E-state index is 11.2. The van der Waals surface area contributed by atoms with Crippen LogP contribution in [-0.2, 0) is 11.3 Å². The minimum Gasteiger partial charge on any atom is -0.464 e. The van der Waals surface area contributed by atoms with Gasteiger partial charge in [-0.1, -0.05) is 13.8 Å². The molecule has 0 aliphatic rings. The number of aliphatic hydroxyl groups is 1. The van der Waals surface area contributed by atoms with Crippen molar-refractivity contribution in [3.8, 4) is 0 Å². The molecule has 0 spiro atoms. The van der Waals surface area contributed by atoms with E-state index in [0.717, 1.165) is 18.5 Å². The molecule has 1 heterocycles. The quantitative estimate of drug-likeness (QED) is 0.641. The molecule has 0 saturated heterocycles. The second-order valence-electron chi connectivity index (χ2n) is 5.15. The smallest absolute Gasteiger partial charge is 0.354 e. The largest absolute Gasteiger partial charge is 0.464 e. The van der Waals surface area contributed by atoms with Gasteiger partial charge in [0.25, 0.3) is 0 Å². The minimum atomic E-state index is -0.359. The predicted molar refractivity (Wildman–Crippen MR) is 69.3 cm³/mol. The van der Waals surface area contributed by atoms with E-state index < -0.39 is 0 Å². The van der Waals surface area contributed by atoms with Gasteiger partial charge in [-0.2, -0.15) is 0 Å². The molecule has 1 rings (SSSR count). The Kier molecular flexibility index (Phi) is 5.37. The van der Waals surface area contributed by atoms with Crippen LogP contribution in [0.4, 0.5) is 0 Å².